The minimum atomic E-state index is -4.46. The van der Waals surface area contributed by atoms with Crippen LogP contribution in [0, 0.1) is 5.92 Å². The van der Waals surface area contributed by atoms with Gasteiger partial charge in [-0.3, -0.25) is 4.79 Å². The molecule has 156 valence electrons. The van der Waals surface area contributed by atoms with Crippen LogP contribution in [-0.4, -0.2) is 38.7 Å². The topological polar surface area (TPSA) is 84.3 Å². The Kier molecular flexibility index (Phi) is 5.52. The predicted octanol–water partition coefficient (Wildman–Crippen LogP) is 3.85. The van der Waals surface area contributed by atoms with Crippen LogP contribution in [0.1, 0.15) is 16.1 Å². The van der Waals surface area contributed by atoms with Crippen LogP contribution >= 0.6 is 11.8 Å². The lowest BCUT2D eigenvalue weighted by Crippen LogP contribution is -2.41. The molecule has 2 atom stereocenters. The van der Waals surface area contributed by atoms with E-state index in [1.54, 1.807) is 30.3 Å². The molecular weight excluding hydrogens is 419 g/mol. The van der Waals surface area contributed by atoms with Crippen LogP contribution in [0.25, 0.3) is 10.9 Å². The maximum Gasteiger partial charge on any atom is 0.417 e. The summed E-state index contributed by atoms with van der Waals surface area (Å²) >= 11 is 1.44. The summed E-state index contributed by atoms with van der Waals surface area (Å²) in [6, 6.07) is 10.2. The van der Waals surface area contributed by atoms with Crippen molar-refractivity contribution < 1.29 is 27.8 Å². The molecule has 0 bridgehead atoms. The van der Waals surface area contributed by atoms with Crippen molar-refractivity contribution in [3.05, 3.63) is 59.9 Å². The Labute approximate surface area is 173 Å². The highest BCUT2D eigenvalue weighted by atomic mass is 32.2. The van der Waals surface area contributed by atoms with E-state index in [0.29, 0.717) is 29.4 Å². The molecule has 1 aromatic carbocycles. The minimum Gasteiger partial charge on any atom is -0.439 e. The molecule has 1 saturated heterocycles. The van der Waals surface area contributed by atoms with Crippen LogP contribution in [0.2, 0.25) is 0 Å². The van der Waals surface area contributed by atoms with Crippen molar-refractivity contribution in [2.75, 3.05) is 12.3 Å². The number of hydrogen-bond donors (Lipinski definition) is 2. The van der Waals surface area contributed by atoms with Crippen molar-refractivity contribution in [2.45, 2.75) is 11.6 Å². The Balaban J connectivity index is 1.44. The number of fused-ring (bicyclic) bond motifs is 1. The molecule has 0 radical (unpaired) electrons. The van der Waals surface area contributed by atoms with Crippen LogP contribution < -0.4 is 10.1 Å². The first-order valence-electron chi connectivity index (χ1n) is 8.99. The second-order valence-electron chi connectivity index (χ2n) is 6.73. The third-order valence-corrected chi connectivity index (χ3v) is 5.94. The van der Waals surface area contributed by atoms with Crippen LogP contribution in [0.3, 0.4) is 0 Å². The van der Waals surface area contributed by atoms with Gasteiger partial charge in [-0.05, 0) is 30.3 Å². The van der Waals surface area contributed by atoms with Crippen molar-refractivity contribution in [2.24, 2.45) is 5.92 Å². The molecule has 1 aliphatic rings. The van der Waals surface area contributed by atoms with Crippen molar-refractivity contribution in [1.82, 2.24) is 15.3 Å². The zero-order valence-corrected chi connectivity index (χ0v) is 16.2. The molecule has 1 fully saturated rings. The van der Waals surface area contributed by atoms with Crippen LogP contribution in [0.4, 0.5) is 13.2 Å². The van der Waals surface area contributed by atoms with E-state index in [1.165, 1.54) is 11.8 Å². The molecule has 4 rings (SSSR count). The lowest BCUT2D eigenvalue weighted by Gasteiger charge is -2.31. The fourth-order valence-electron chi connectivity index (χ4n) is 2.82. The number of aliphatic hydroxyl groups is 1. The van der Waals surface area contributed by atoms with Gasteiger partial charge in [0.1, 0.15) is 16.9 Å². The van der Waals surface area contributed by atoms with E-state index in [2.05, 4.69) is 15.3 Å². The first-order chi connectivity index (χ1) is 14.3. The number of thioether (sulfide) groups is 1. The van der Waals surface area contributed by atoms with E-state index in [4.69, 9.17) is 4.74 Å². The molecule has 1 aliphatic heterocycles. The zero-order chi connectivity index (χ0) is 21.3. The molecule has 2 aromatic heterocycles. The average Bonchev–Trinajstić information content (AvgIpc) is 2.72. The molecule has 6 nitrogen and oxygen atoms in total. The van der Waals surface area contributed by atoms with Gasteiger partial charge in [-0.15, -0.1) is 11.8 Å². The quantitative estimate of drug-likeness (QED) is 0.633. The zero-order valence-electron chi connectivity index (χ0n) is 15.4. The third-order valence-electron chi connectivity index (χ3n) is 4.59. The van der Waals surface area contributed by atoms with Gasteiger partial charge < -0.3 is 15.2 Å². The molecular formula is C20H16F3N3O3S. The molecule has 3 heterocycles. The second-order valence-corrected chi connectivity index (χ2v) is 7.88. The summed E-state index contributed by atoms with van der Waals surface area (Å²) in [5.74, 6) is 0.949. The summed E-state index contributed by atoms with van der Waals surface area (Å²) in [7, 11) is 0. The number of ether oxygens (including phenoxy) is 1. The fourth-order valence-corrected chi connectivity index (χ4v) is 3.67. The molecule has 2 N–H and O–H groups in total. The van der Waals surface area contributed by atoms with Gasteiger partial charge in [0.15, 0.2) is 0 Å². The van der Waals surface area contributed by atoms with Gasteiger partial charge >= 0.3 is 6.18 Å². The molecule has 0 spiro atoms. The van der Waals surface area contributed by atoms with E-state index < -0.39 is 17.2 Å². The monoisotopic (exact) mass is 435 g/mol. The van der Waals surface area contributed by atoms with E-state index in [9.17, 15) is 23.1 Å². The van der Waals surface area contributed by atoms with E-state index in [1.807, 2.05) is 0 Å². The van der Waals surface area contributed by atoms with Gasteiger partial charge in [-0.25, -0.2) is 9.97 Å². The number of benzene rings is 1. The molecule has 2 unspecified atom stereocenters. The lowest BCUT2D eigenvalue weighted by atomic mass is 10.1. The summed E-state index contributed by atoms with van der Waals surface area (Å²) in [6.45, 7) is 0.389. The largest absolute Gasteiger partial charge is 0.439 e. The molecule has 0 aliphatic carbocycles. The summed E-state index contributed by atoms with van der Waals surface area (Å²) in [4.78, 5) is 20.3. The normalized spacial score (nSPS) is 18.7. The molecule has 30 heavy (non-hydrogen) atoms. The van der Waals surface area contributed by atoms with Crippen LogP contribution in [-0.2, 0) is 6.18 Å². The Morgan fingerprint density at radius 3 is 2.70 bits per heavy atom. The highest BCUT2D eigenvalue weighted by Gasteiger charge is 2.31. The second kappa shape index (κ2) is 8.11. The molecule has 1 amide bonds. The first-order valence-corrected chi connectivity index (χ1v) is 10.0. The number of carbonyl (C=O) groups is 1. The van der Waals surface area contributed by atoms with Crippen molar-refractivity contribution in [3.63, 3.8) is 0 Å². The summed E-state index contributed by atoms with van der Waals surface area (Å²) in [5.41, 5.74) is -0.474. The third kappa shape index (κ3) is 4.49. The summed E-state index contributed by atoms with van der Waals surface area (Å²) in [5, 5.41) is 13.0. The summed E-state index contributed by atoms with van der Waals surface area (Å²) < 4.78 is 43.3. The number of pyridine rings is 2. The van der Waals surface area contributed by atoms with Crippen LogP contribution in [0.15, 0.2) is 48.7 Å². The highest BCUT2D eigenvalue weighted by Crippen LogP contribution is 2.32. The average molecular weight is 435 g/mol. The van der Waals surface area contributed by atoms with Crippen LogP contribution in [0.5, 0.6) is 11.6 Å². The number of nitrogens with one attached hydrogen (secondary N) is 1. The van der Waals surface area contributed by atoms with Crippen molar-refractivity contribution in [1.29, 1.82) is 0 Å². The smallest absolute Gasteiger partial charge is 0.417 e. The highest BCUT2D eigenvalue weighted by molar-refractivity contribution is 8.01. The van der Waals surface area contributed by atoms with Gasteiger partial charge in [0, 0.05) is 35.9 Å². The number of nitrogens with zero attached hydrogens (tertiary/aromatic N) is 2. The number of alkyl halides is 3. The Hall–Kier alpha value is -2.85. The number of aliphatic hydroxyl groups excluding tert-OH is 1. The van der Waals surface area contributed by atoms with Gasteiger partial charge in [0.05, 0.1) is 11.1 Å². The van der Waals surface area contributed by atoms with E-state index in [-0.39, 0.29) is 23.4 Å². The molecule has 10 heteroatoms. The maximum atomic E-state index is 12.6. The Bertz CT molecular complexity index is 1080. The number of aromatic nitrogens is 2. The van der Waals surface area contributed by atoms with Gasteiger partial charge in [-0.2, -0.15) is 13.2 Å². The van der Waals surface area contributed by atoms with E-state index >= 15 is 0 Å². The number of hydrogen-bond acceptors (Lipinski definition) is 6. The van der Waals surface area contributed by atoms with E-state index in [0.717, 1.165) is 17.9 Å². The Morgan fingerprint density at radius 2 is 2.07 bits per heavy atom. The maximum absolute atomic E-state index is 12.6. The number of rotatable bonds is 5. The summed E-state index contributed by atoms with van der Waals surface area (Å²) in [6.07, 6.45) is -3.75. The number of amides is 1. The first kappa shape index (κ1) is 20.4. The molecule has 0 saturated carbocycles. The SMILES string of the molecule is O=C(NCC1CSC1O)c1ccc2cc(Oc3ccc(C(F)(F)F)cn3)ccc2n1. The Morgan fingerprint density at radius 1 is 1.23 bits per heavy atom. The minimum absolute atomic E-state index is 0.0302. The van der Waals surface area contributed by atoms with Gasteiger partial charge in [0.2, 0.25) is 5.88 Å². The number of halogens is 3. The van der Waals surface area contributed by atoms with Crippen molar-refractivity contribution >= 4 is 28.6 Å². The van der Waals surface area contributed by atoms with Crippen molar-refractivity contribution in [3.8, 4) is 11.6 Å². The van der Waals surface area contributed by atoms with Gasteiger partial charge in [0.25, 0.3) is 5.91 Å². The standard InChI is InChI=1S/C20H16F3N3O3S/c21-20(22,23)13-2-6-17(24-9-13)29-14-3-5-15-11(7-14)1-4-16(26-15)18(27)25-8-12-10-30-19(12)28/h1-7,9,12,19,28H,8,10H2,(H,25,27). The lowest BCUT2D eigenvalue weighted by molar-refractivity contribution is -0.137. The van der Waals surface area contributed by atoms with Gasteiger partial charge in [-0.1, -0.05) is 6.07 Å². The molecule has 3 aromatic rings. The number of carbonyl (C=O) groups excluding carboxylic acids is 1. The predicted molar refractivity (Wildman–Crippen MR) is 105 cm³/mol. The fraction of sp³-hybridized carbons (Fsp3) is 0.250.